The van der Waals surface area contributed by atoms with Gasteiger partial charge in [-0.3, -0.25) is 4.68 Å². The lowest BCUT2D eigenvalue weighted by Gasteiger charge is -2.10. The fraction of sp³-hybridized carbons (Fsp3) is 0.438. The van der Waals surface area contributed by atoms with E-state index in [0.717, 1.165) is 19.4 Å². The van der Waals surface area contributed by atoms with E-state index in [4.69, 9.17) is 0 Å². The van der Waals surface area contributed by atoms with Crippen LogP contribution in [0.1, 0.15) is 25.8 Å². The van der Waals surface area contributed by atoms with Crippen LogP contribution >= 0.6 is 0 Å². The van der Waals surface area contributed by atoms with Crippen molar-refractivity contribution in [2.75, 3.05) is 7.05 Å². The Morgan fingerprint density at radius 3 is 2.58 bits per heavy atom. The van der Waals surface area contributed by atoms with Crippen molar-refractivity contribution in [3.63, 3.8) is 0 Å². The summed E-state index contributed by atoms with van der Waals surface area (Å²) in [6.07, 6.45) is 6.24. The molecule has 2 aromatic rings. The maximum atomic E-state index is 4.37. The molecule has 0 fully saturated rings. The van der Waals surface area contributed by atoms with Gasteiger partial charge in [-0.15, -0.1) is 0 Å². The Bertz CT molecular complexity index is 499. The minimum atomic E-state index is 0.512. The molecule has 0 aliphatic heterocycles. The Balaban J connectivity index is 2.08. The highest BCUT2D eigenvalue weighted by atomic mass is 15.3. The van der Waals surface area contributed by atoms with Crippen LogP contribution in [0.2, 0.25) is 0 Å². The van der Waals surface area contributed by atoms with E-state index in [1.54, 1.807) is 0 Å². The van der Waals surface area contributed by atoms with Gasteiger partial charge in [0, 0.05) is 24.3 Å². The minimum absolute atomic E-state index is 0.512. The molecule has 1 aromatic carbocycles. The average molecular weight is 257 g/mol. The normalized spacial score (nSPS) is 12.6. The monoisotopic (exact) mass is 257 g/mol. The number of aryl methyl sites for hydroxylation is 1. The van der Waals surface area contributed by atoms with Crippen LogP contribution in [0.25, 0.3) is 11.1 Å². The molecule has 0 bridgehead atoms. The summed E-state index contributed by atoms with van der Waals surface area (Å²) >= 11 is 0. The molecular weight excluding hydrogens is 234 g/mol. The number of nitrogens with zero attached hydrogens (tertiary/aromatic N) is 2. The SMILES string of the molecule is CCCn1cc(-c2ccc(CC(C)NC)cc2)cn1. The lowest BCUT2D eigenvalue weighted by atomic mass is 10.0. The summed E-state index contributed by atoms with van der Waals surface area (Å²) in [4.78, 5) is 0. The summed E-state index contributed by atoms with van der Waals surface area (Å²) in [5.74, 6) is 0. The lowest BCUT2D eigenvalue weighted by Crippen LogP contribution is -2.23. The molecule has 3 nitrogen and oxygen atoms in total. The smallest absolute Gasteiger partial charge is 0.0568 e. The summed E-state index contributed by atoms with van der Waals surface area (Å²) in [6.45, 7) is 5.35. The zero-order valence-corrected chi connectivity index (χ0v) is 12.1. The number of aromatic nitrogens is 2. The van der Waals surface area contributed by atoms with Crippen molar-refractivity contribution in [1.29, 1.82) is 0 Å². The third kappa shape index (κ3) is 3.67. The van der Waals surface area contributed by atoms with Crippen LogP contribution in [-0.2, 0) is 13.0 Å². The Kier molecular flexibility index (Phi) is 4.74. The number of hydrogen-bond acceptors (Lipinski definition) is 2. The molecule has 3 heteroatoms. The molecule has 0 aliphatic rings. The van der Waals surface area contributed by atoms with Gasteiger partial charge in [0.05, 0.1) is 6.20 Å². The first-order valence-corrected chi connectivity index (χ1v) is 7.02. The first-order valence-electron chi connectivity index (χ1n) is 7.02. The highest BCUT2D eigenvalue weighted by Crippen LogP contribution is 2.19. The molecular formula is C16H23N3. The molecule has 102 valence electrons. The highest BCUT2D eigenvalue weighted by molar-refractivity contribution is 5.61. The molecule has 0 saturated heterocycles. The number of benzene rings is 1. The summed E-state index contributed by atoms with van der Waals surface area (Å²) in [5, 5.41) is 7.64. The van der Waals surface area contributed by atoms with Gasteiger partial charge in [0.2, 0.25) is 0 Å². The molecule has 2 rings (SSSR count). The van der Waals surface area contributed by atoms with Crippen LogP contribution in [0.15, 0.2) is 36.7 Å². The Morgan fingerprint density at radius 1 is 1.21 bits per heavy atom. The van der Waals surface area contributed by atoms with Crippen molar-refractivity contribution in [1.82, 2.24) is 15.1 Å². The maximum Gasteiger partial charge on any atom is 0.0568 e. The predicted octanol–water partition coefficient (Wildman–Crippen LogP) is 3.11. The summed E-state index contributed by atoms with van der Waals surface area (Å²) in [6, 6.07) is 9.30. The molecule has 19 heavy (non-hydrogen) atoms. The van der Waals surface area contributed by atoms with E-state index < -0.39 is 0 Å². The molecule has 1 N–H and O–H groups in total. The number of nitrogens with one attached hydrogen (secondary N) is 1. The van der Waals surface area contributed by atoms with Crippen LogP contribution < -0.4 is 5.32 Å². The Hall–Kier alpha value is -1.61. The third-order valence-corrected chi connectivity index (χ3v) is 3.41. The number of likely N-dealkylation sites (N-methyl/N-ethyl adjacent to an activating group) is 1. The predicted molar refractivity (Wildman–Crippen MR) is 80.2 cm³/mol. The number of hydrogen-bond donors (Lipinski definition) is 1. The highest BCUT2D eigenvalue weighted by Gasteiger charge is 2.03. The van der Waals surface area contributed by atoms with E-state index in [9.17, 15) is 0 Å². The van der Waals surface area contributed by atoms with E-state index in [-0.39, 0.29) is 0 Å². The summed E-state index contributed by atoms with van der Waals surface area (Å²) in [7, 11) is 2.00. The quantitative estimate of drug-likeness (QED) is 0.861. The first-order chi connectivity index (χ1) is 9.22. The fourth-order valence-electron chi connectivity index (χ4n) is 2.15. The Labute approximate surface area is 115 Å². The van der Waals surface area contributed by atoms with Gasteiger partial charge in [0.1, 0.15) is 0 Å². The molecule has 0 radical (unpaired) electrons. The summed E-state index contributed by atoms with van der Waals surface area (Å²) < 4.78 is 2.01. The maximum absolute atomic E-state index is 4.37. The van der Waals surface area contributed by atoms with Gasteiger partial charge in [-0.25, -0.2) is 0 Å². The Morgan fingerprint density at radius 2 is 1.95 bits per heavy atom. The topological polar surface area (TPSA) is 29.9 Å². The van der Waals surface area contributed by atoms with E-state index in [1.807, 2.05) is 17.9 Å². The van der Waals surface area contributed by atoms with E-state index in [1.165, 1.54) is 16.7 Å². The van der Waals surface area contributed by atoms with E-state index in [0.29, 0.717) is 6.04 Å². The lowest BCUT2D eigenvalue weighted by molar-refractivity contribution is 0.603. The van der Waals surface area contributed by atoms with Gasteiger partial charge in [-0.1, -0.05) is 31.2 Å². The van der Waals surface area contributed by atoms with Gasteiger partial charge >= 0.3 is 0 Å². The molecule has 1 unspecified atom stereocenters. The van der Waals surface area contributed by atoms with Crippen molar-refractivity contribution in [2.45, 2.75) is 39.3 Å². The molecule has 0 aliphatic carbocycles. The second kappa shape index (κ2) is 6.53. The van der Waals surface area contributed by atoms with Crippen molar-refractivity contribution in [3.8, 4) is 11.1 Å². The molecule has 1 atom stereocenters. The van der Waals surface area contributed by atoms with Gasteiger partial charge in [-0.2, -0.15) is 5.10 Å². The van der Waals surface area contributed by atoms with Gasteiger partial charge in [0.15, 0.2) is 0 Å². The van der Waals surface area contributed by atoms with Gasteiger partial charge < -0.3 is 5.32 Å². The van der Waals surface area contributed by atoms with Crippen LogP contribution in [0.3, 0.4) is 0 Å². The van der Waals surface area contributed by atoms with Gasteiger partial charge in [0.25, 0.3) is 0 Å². The third-order valence-electron chi connectivity index (χ3n) is 3.41. The summed E-state index contributed by atoms with van der Waals surface area (Å²) in [5.41, 5.74) is 3.80. The van der Waals surface area contributed by atoms with Crippen LogP contribution in [0.4, 0.5) is 0 Å². The van der Waals surface area contributed by atoms with Crippen LogP contribution in [0, 0.1) is 0 Å². The standard InChI is InChI=1S/C16H23N3/c1-4-9-19-12-16(11-18-19)15-7-5-14(6-8-15)10-13(2)17-3/h5-8,11-13,17H,4,9-10H2,1-3H3. The fourth-order valence-corrected chi connectivity index (χ4v) is 2.15. The second-order valence-electron chi connectivity index (χ2n) is 5.08. The van der Waals surface area contributed by atoms with Gasteiger partial charge in [-0.05, 0) is 37.9 Å². The van der Waals surface area contributed by atoms with Crippen LogP contribution in [-0.4, -0.2) is 22.9 Å². The average Bonchev–Trinajstić information content (AvgIpc) is 2.88. The molecule has 0 amide bonds. The van der Waals surface area contributed by atoms with Crippen LogP contribution in [0.5, 0.6) is 0 Å². The zero-order valence-electron chi connectivity index (χ0n) is 12.1. The van der Waals surface area contributed by atoms with Crippen molar-refractivity contribution in [3.05, 3.63) is 42.2 Å². The molecule has 1 aromatic heterocycles. The van der Waals surface area contributed by atoms with Crippen molar-refractivity contribution >= 4 is 0 Å². The molecule has 1 heterocycles. The van der Waals surface area contributed by atoms with E-state index in [2.05, 4.69) is 54.7 Å². The first kappa shape index (κ1) is 13.8. The zero-order chi connectivity index (χ0) is 13.7. The molecule has 0 saturated carbocycles. The van der Waals surface area contributed by atoms with Crippen molar-refractivity contribution in [2.24, 2.45) is 0 Å². The molecule has 0 spiro atoms. The second-order valence-corrected chi connectivity index (χ2v) is 5.08. The largest absolute Gasteiger partial charge is 0.317 e. The van der Waals surface area contributed by atoms with Crippen molar-refractivity contribution < 1.29 is 0 Å². The van der Waals surface area contributed by atoms with E-state index >= 15 is 0 Å². The minimum Gasteiger partial charge on any atom is -0.317 e. The number of rotatable bonds is 6.